The van der Waals surface area contributed by atoms with Crippen LogP contribution in [0.2, 0.25) is 5.02 Å². The van der Waals surface area contributed by atoms with E-state index in [1.807, 2.05) is 0 Å². The zero-order valence-electron chi connectivity index (χ0n) is 10.8. The first-order valence-corrected chi connectivity index (χ1v) is 7.49. The maximum absolute atomic E-state index is 12.2. The Labute approximate surface area is 122 Å². The molecule has 9 heteroatoms. The number of nitrogens with two attached hydrogens (primary N) is 1. The summed E-state index contributed by atoms with van der Waals surface area (Å²) in [6, 6.07) is 2.41. The van der Waals surface area contributed by atoms with Crippen molar-refractivity contribution in [2.45, 2.75) is 17.4 Å². The molecule has 0 saturated heterocycles. The van der Waals surface area contributed by atoms with Crippen molar-refractivity contribution in [2.24, 2.45) is 0 Å². The quantitative estimate of drug-likeness (QED) is 0.436. The number of nitrogens with one attached hydrogen (secondary N) is 1. The van der Waals surface area contributed by atoms with Crippen LogP contribution in [0.15, 0.2) is 17.0 Å². The van der Waals surface area contributed by atoms with Crippen LogP contribution in [-0.2, 0) is 10.0 Å². The minimum atomic E-state index is -4.11. The van der Waals surface area contributed by atoms with Crippen LogP contribution in [0.5, 0.6) is 0 Å². The Morgan fingerprint density at radius 1 is 1.25 bits per heavy atom. The van der Waals surface area contributed by atoms with Crippen LogP contribution >= 0.6 is 11.6 Å². The predicted octanol–water partition coefficient (Wildman–Crippen LogP) is -0.775. The van der Waals surface area contributed by atoms with E-state index in [1.165, 1.54) is 12.1 Å². The first-order chi connectivity index (χ1) is 9.21. The fourth-order valence-electron chi connectivity index (χ4n) is 1.42. The number of sulfonamides is 1. The third-order valence-corrected chi connectivity index (χ3v) is 4.88. The Balaban J connectivity index is 3.24. The van der Waals surface area contributed by atoms with Gasteiger partial charge in [0.05, 0.1) is 24.7 Å². The third kappa shape index (κ3) is 3.40. The van der Waals surface area contributed by atoms with Gasteiger partial charge in [-0.1, -0.05) is 11.6 Å². The molecule has 0 fully saturated rings. The molecule has 1 aromatic rings. The molecule has 0 radical (unpaired) electrons. The molecule has 0 aliphatic carbocycles. The number of hydrogen-bond donors (Lipinski definition) is 5. The van der Waals surface area contributed by atoms with E-state index in [4.69, 9.17) is 32.7 Å². The molecular weight excluding hydrogens is 308 g/mol. The average Bonchev–Trinajstić information content (AvgIpc) is 2.41. The van der Waals surface area contributed by atoms with Crippen molar-refractivity contribution in [3.8, 4) is 0 Å². The molecule has 1 aromatic carbocycles. The highest BCUT2D eigenvalue weighted by Gasteiger charge is 2.34. The lowest BCUT2D eigenvalue weighted by molar-refractivity contribution is 0.0582. The Bertz CT molecular complexity index is 555. The summed E-state index contributed by atoms with van der Waals surface area (Å²) in [4.78, 5) is -0.217. The Morgan fingerprint density at radius 3 is 2.15 bits per heavy atom. The standard InChI is InChI=1S/C11H17ClN2O5S/c1-7-9(12)2-8(3-10(7)13)20(18,19)14-11(4-15,5-16)6-17/h2-3,14-17H,4-6,13H2,1H3. The van der Waals surface area contributed by atoms with Gasteiger partial charge in [-0.3, -0.25) is 0 Å². The average molecular weight is 325 g/mol. The molecule has 1 rings (SSSR count). The summed E-state index contributed by atoms with van der Waals surface area (Å²) in [6.07, 6.45) is 0. The van der Waals surface area contributed by atoms with Crippen molar-refractivity contribution in [3.05, 3.63) is 22.7 Å². The molecule has 7 nitrogen and oxygen atoms in total. The van der Waals surface area contributed by atoms with Gasteiger partial charge < -0.3 is 21.1 Å². The molecule has 0 atom stereocenters. The van der Waals surface area contributed by atoms with Gasteiger partial charge in [-0.05, 0) is 24.6 Å². The van der Waals surface area contributed by atoms with Crippen molar-refractivity contribution in [1.29, 1.82) is 0 Å². The molecule has 20 heavy (non-hydrogen) atoms. The zero-order valence-corrected chi connectivity index (χ0v) is 12.4. The topological polar surface area (TPSA) is 133 Å². The van der Waals surface area contributed by atoms with Gasteiger partial charge in [0.25, 0.3) is 0 Å². The first-order valence-electron chi connectivity index (χ1n) is 5.63. The summed E-state index contributed by atoms with van der Waals surface area (Å²) in [5.74, 6) is 0. The number of halogens is 1. The van der Waals surface area contributed by atoms with Gasteiger partial charge >= 0.3 is 0 Å². The maximum Gasteiger partial charge on any atom is 0.241 e. The molecule has 0 aliphatic heterocycles. The van der Waals surface area contributed by atoms with Crippen LogP contribution in [0.3, 0.4) is 0 Å². The predicted molar refractivity (Wildman–Crippen MR) is 74.9 cm³/mol. The van der Waals surface area contributed by atoms with E-state index >= 15 is 0 Å². The molecule has 0 unspecified atom stereocenters. The number of hydrogen-bond acceptors (Lipinski definition) is 6. The van der Waals surface area contributed by atoms with Crippen LogP contribution in [-0.4, -0.2) is 49.1 Å². The molecule has 114 valence electrons. The second-order valence-electron chi connectivity index (χ2n) is 4.48. The van der Waals surface area contributed by atoms with Crippen LogP contribution < -0.4 is 10.5 Å². The van der Waals surface area contributed by atoms with Gasteiger partial charge in [0.2, 0.25) is 10.0 Å². The van der Waals surface area contributed by atoms with E-state index in [2.05, 4.69) is 4.72 Å². The highest BCUT2D eigenvalue weighted by Crippen LogP contribution is 2.26. The van der Waals surface area contributed by atoms with Gasteiger partial charge in [-0.2, -0.15) is 4.72 Å². The monoisotopic (exact) mass is 324 g/mol. The van der Waals surface area contributed by atoms with Crippen molar-refractivity contribution in [1.82, 2.24) is 4.72 Å². The molecule has 0 amide bonds. The maximum atomic E-state index is 12.2. The van der Waals surface area contributed by atoms with E-state index in [1.54, 1.807) is 6.92 Å². The number of anilines is 1. The molecule has 6 N–H and O–H groups in total. The number of benzene rings is 1. The van der Waals surface area contributed by atoms with Crippen molar-refractivity contribution >= 4 is 27.3 Å². The Hall–Kier alpha value is -0.900. The van der Waals surface area contributed by atoms with Gasteiger partial charge in [-0.15, -0.1) is 0 Å². The number of aliphatic hydroxyl groups is 3. The van der Waals surface area contributed by atoms with E-state index in [9.17, 15) is 8.42 Å². The molecule has 0 spiro atoms. The lowest BCUT2D eigenvalue weighted by Gasteiger charge is -2.28. The van der Waals surface area contributed by atoms with Gasteiger partial charge in [-0.25, -0.2) is 8.42 Å². The Kier molecular flexibility index (Phi) is 5.36. The molecule has 0 saturated carbocycles. The minimum absolute atomic E-state index is 0.174. The van der Waals surface area contributed by atoms with Crippen LogP contribution in [0, 0.1) is 6.92 Å². The van der Waals surface area contributed by atoms with E-state index in [0.717, 1.165) is 0 Å². The van der Waals surface area contributed by atoms with Gasteiger partial charge in [0.1, 0.15) is 5.54 Å². The largest absolute Gasteiger partial charge is 0.398 e. The van der Waals surface area contributed by atoms with Crippen molar-refractivity contribution in [2.75, 3.05) is 25.6 Å². The summed E-state index contributed by atoms with van der Waals surface area (Å²) in [5, 5.41) is 27.6. The third-order valence-electron chi connectivity index (χ3n) is 2.93. The molecule has 0 heterocycles. The fraction of sp³-hybridized carbons (Fsp3) is 0.455. The number of nitrogen functional groups attached to an aromatic ring is 1. The van der Waals surface area contributed by atoms with Crippen LogP contribution in [0.4, 0.5) is 5.69 Å². The van der Waals surface area contributed by atoms with Crippen LogP contribution in [0.1, 0.15) is 5.56 Å². The summed E-state index contributed by atoms with van der Waals surface area (Å²) in [7, 11) is -4.11. The second-order valence-corrected chi connectivity index (χ2v) is 6.57. The zero-order chi connectivity index (χ0) is 15.6. The summed E-state index contributed by atoms with van der Waals surface area (Å²) in [6.45, 7) is -0.669. The molecule has 0 bridgehead atoms. The second kappa shape index (κ2) is 6.25. The summed E-state index contributed by atoms with van der Waals surface area (Å²) in [5.41, 5.74) is 4.64. The lowest BCUT2D eigenvalue weighted by Crippen LogP contribution is -2.56. The highest BCUT2D eigenvalue weighted by atomic mass is 35.5. The van der Waals surface area contributed by atoms with Gasteiger partial charge in [0.15, 0.2) is 0 Å². The Morgan fingerprint density at radius 2 is 1.75 bits per heavy atom. The highest BCUT2D eigenvalue weighted by molar-refractivity contribution is 7.89. The van der Waals surface area contributed by atoms with E-state index in [-0.39, 0.29) is 15.6 Å². The fourth-order valence-corrected chi connectivity index (χ4v) is 3.15. The normalized spacial score (nSPS) is 12.7. The van der Waals surface area contributed by atoms with Crippen molar-refractivity contribution in [3.63, 3.8) is 0 Å². The summed E-state index contributed by atoms with van der Waals surface area (Å²) < 4.78 is 26.4. The number of aliphatic hydroxyl groups excluding tert-OH is 3. The molecule has 0 aliphatic rings. The smallest absolute Gasteiger partial charge is 0.241 e. The van der Waals surface area contributed by atoms with Gasteiger partial charge in [0, 0.05) is 10.7 Å². The number of rotatable bonds is 6. The SMILES string of the molecule is Cc1c(N)cc(S(=O)(=O)NC(CO)(CO)CO)cc1Cl. The molecule has 0 aromatic heterocycles. The van der Waals surface area contributed by atoms with E-state index < -0.39 is 35.4 Å². The van der Waals surface area contributed by atoms with E-state index in [0.29, 0.717) is 5.56 Å². The first kappa shape index (κ1) is 17.2. The molecular formula is C11H17ClN2O5S. The minimum Gasteiger partial charge on any atom is -0.398 e. The summed E-state index contributed by atoms with van der Waals surface area (Å²) >= 11 is 5.88. The van der Waals surface area contributed by atoms with Crippen LogP contribution in [0.25, 0.3) is 0 Å². The van der Waals surface area contributed by atoms with Crippen molar-refractivity contribution < 1.29 is 23.7 Å². The lowest BCUT2D eigenvalue weighted by atomic mass is 10.1.